The first kappa shape index (κ1) is 23.0. The molecule has 36 heavy (non-hydrogen) atoms. The number of amides is 3. The number of anilines is 1. The first-order chi connectivity index (χ1) is 17.5. The van der Waals surface area contributed by atoms with Crippen LogP contribution in [0.5, 0.6) is 0 Å². The maximum absolute atomic E-state index is 14.6. The number of nitrogens with zero attached hydrogens (tertiary/aromatic N) is 3. The molecule has 1 N–H and O–H groups in total. The van der Waals surface area contributed by atoms with E-state index in [1.807, 2.05) is 36.5 Å². The topological polar surface area (TPSA) is 97.3 Å². The third-order valence-corrected chi connectivity index (χ3v) is 6.42. The lowest BCUT2D eigenvalue weighted by Crippen LogP contribution is -2.46. The number of hydrogen-bond acceptors (Lipinski definition) is 4. The largest absolute Gasteiger partial charge is 0.361 e. The quantitative estimate of drug-likeness (QED) is 0.419. The zero-order chi connectivity index (χ0) is 25.2. The Morgan fingerprint density at radius 1 is 1.06 bits per heavy atom. The highest BCUT2D eigenvalue weighted by Crippen LogP contribution is 2.28. The molecule has 1 fully saturated rings. The van der Waals surface area contributed by atoms with Crippen LogP contribution in [-0.4, -0.2) is 40.2 Å². The molecule has 178 valence electrons. The number of benzene rings is 3. The van der Waals surface area contributed by atoms with Gasteiger partial charge in [-0.05, 0) is 54.4 Å². The summed E-state index contributed by atoms with van der Waals surface area (Å²) in [6.07, 6.45) is 2.03. The van der Waals surface area contributed by atoms with E-state index in [1.165, 1.54) is 47.4 Å². The first-order valence-corrected chi connectivity index (χ1v) is 11.5. The zero-order valence-corrected chi connectivity index (χ0v) is 19.1. The van der Waals surface area contributed by atoms with Gasteiger partial charge >= 0.3 is 0 Å². The van der Waals surface area contributed by atoms with Crippen molar-refractivity contribution in [2.45, 2.75) is 18.9 Å². The van der Waals surface area contributed by atoms with Crippen molar-refractivity contribution in [1.29, 1.82) is 5.26 Å². The fraction of sp³-hybridized carbons (Fsp3) is 0.143. The molecule has 7 nitrogen and oxygen atoms in total. The molecular weight excluding hydrogens is 459 g/mol. The van der Waals surface area contributed by atoms with Crippen LogP contribution in [0.15, 0.2) is 79.0 Å². The Bertz CT molecular complexity index is 1520. The molecule has 8 heteroatoms. The van der Waals surface area contributed by atoms with Gasteiger partial charge in [0.15, 0.2) is 0 Å². The summed E-state index contributed by atoms with van der Waals surface area (Å²) < 4.78 is 14.6. The minimum Gasteiger partial charge on any atom is -0.361 e. The molecule has 4 aromatic rings. The zero-order valence-electron chi connectivity index (χ0n) is 19.1. The van der Waals surface area contributed by atoms with Crippen molar-refractivity contribution in [3.63, 3.8) is 0 Å². The molecule has 3 amide bonds. The minimum atomic E-state index is -1.08. The summed E-state index contributed by atoms with van der Waals surface area (Å²) in [4.78, 5) is 45.4. The van der Waals surface area contributed by atoms with E-state index in [2.05, 4.69) is 4.98 Å². The Morgan fingerprint density at radius 3 is 2.53 bits per heavy atom. The van der Waals surface area contributed by atoms with Crippen molar-refractivity contribution < 1.29 is 18.8 Å². The number of para-hydroxylation sites is 1. The van der Waals surface area contributed by atoms with Gasteiger partial charge in [-0.3, -0.25) is 14.4 Å². The van der Waals surface area contributed by atoms with Gasteiger partial charge in [0.05, 0.1) is 29.3 Å². The second kappa shape index (κ2) is 9.47. The molecule has 1 aliphatic heterocycles. The Hall–Kier alpha value is -4.77. The van der Waals surface area contributed by atoms with Crippen molar-refractivity contribution in [1.82, 2.24) is 9.88 Å². The van der Waals surface area contributed by atoms with Crippen LogP contribution in [-0.2, 0) is 16.0 Å². The van der Waals surface area contributed by atoms with Crippen molar-refractivity contribution in [2.24, 2.45) is 0 Å². The number of aromatic nitrogens is 1. The third kappa shape index (κ3) is 4.12. The molecule has 2 heterocycles. The number of H-pyrrole nitrogens is 1. The second-order valence-corrected chi connectivity index (χ2v) is 8.53. The van der Waals surface area contributed by atoms with E-state index in [-0.39, 0.29) is 18.5 Å². The molecule has 0 bridgehead atoms. The van der Waals surface area contributed by atoms with E-state index in [4.69, 9.17) is 5.26 Å². The van der Waals surface area contributed by atoms with Gasteiger partial charge in [0.2, 0.25) is 5.91 Å². The van der Waals surface area contributed by atoms with Crippen molar-refractivity contribution in [3.05, 3.63) is 102 Å². The number of aromatic amines is 1. The van der Waals surface area contributed by atoms with Crippen LogP contribution in [0.1, 0.15) is 27.9 Å². The van der Waals surface area contributed by atoms with E-state index in [0.717, 1.165) is 21.4 Å². The summed E-state index contributed by atoms with van der Waals surface area (Å²) in [6.45, 7) is 0.111. The van der Waals surface area contributed by atoms with Gasteiger partial charge < -0.3 is 9.88 Å². The number of nitrogens with one attached hydrogen (secondary N) is 1. The molecule has 5 rings (SSSR count). The summed E-state index contributed by atoms with van der Waals surface area (Å²) >= 11 is 0. The Labute approximate surface area is 206 Å². The summed E-state index contributed by atoms with van der Waals surface area (Å²) in [5.41, 5.74) is 2.44. The molecule has 3 aromatic carbocycles. The van der Waals surface area contributed by atoms with Crippen LogP contribution < -0.4 is 4.90 Å². The first-order valence-electron chi connectivity index (χ1n) is 11.5. The smallest absolute Gasteiger partial charge is 0.257 e. The SMILES string of the molecule is N#Cc1ccc(N2C(=O)CC(N(CCc3c[nH]c4ccccc34)C(=O)c3ccccc3F)C2=O)cc1. The molecule has 1 atom stereocenters. The normalized spacial score (nSPS) is 15.3. The number of carbonyl (C=O) groups is 3. The Balaban J connectivity index is 1.47. The average Bonchev–Trinajstić information content (AvgIpc) is 3.44. The van der Waals surface area contributed by atoms with Crippen LogP contribution in [0.4, 0.5) is 10.1 Å². The highest BCUT2D eigenvalue weighted by Gasteiger charge is 2.44. The van der Waals surface area contributed by atoms with Crippen molar-refractivity contribution in [2.75, 3.05) is 11.4 Å². The van der Waals surface area contributed by atoms with E-state index >= 15 is 0 Å². The van der Waals surface area contributed by atoms with Crippen molar-refractivity contribution >= 4 is 34.3 Å². The van der Waals surface area contributed by atoms with E-state index in [0.29, 0.717) is 17.7 Å². The molecule has 0 saturated carbocycles. The van der Waals surface area contributed by atoms with Crippen LogP contribution in [0.3, 0.4) is 0 Å². The number of rotatable bonds is 6. The van der Waals surface area contributed by atoms with Crippen LogP contribution in [0.2, 0.25) is 0 Å². The number of hydrogen-bond donors (Lipinski definition) is 1. The van der Waals surface area contributed by atoms with Gasteiger partial charge in [-0.2, -0.15) is 5.26 Å². The fourth-order valence-corrected chi connectivity index (χ4v) is 4.58. The number of fused-ring (bicyclic) bond motifs is 1. The third-order valence-electron chi connectivity index (χ3n) is 6.42. The fourth-order valence-electron chi connectivity index (χ4n) is 4.58. The number of halogens is 1. The summed E-state index contributed by atoms with van der Waals surface area (Å²) in [7, 11) is 0. The number of imide groups is 1. The van der Waals surface area contributed by atoms with E-state index in [9.17, 15) is 18.8 Å². The maximum atomic E-state index is 14.6. The second-order valence-electron chi connectivity index (χ2n) is 8.53. The van der Waals surface area contributed by atoms with Crippen molar-refractivity contribution in [3.8, 4) is 6.07 Å². The predicted molar refractivity (Wildman–Crippen MR) is 131 cm³/mol. The molecule has 1 aromatic heterocycles. The van der Waals surface area contributed by atoms with Gasteiger partial charge in [0.1, 0.15) is 11.9 Å². The average molecular weight is 480 g/mol. The Kier molecular flexibility index (Phi) is 6.05. The molecule has 0 spiro atoms. The van der Waals surface area contributed by atoms with Gasteiger partial charge in [-0.25, -0.2) is 9.29 Å². The standard InChI is InChI=1S/C28H21FN4O3/c29-23-7-3-1-6-22(23)27(35)32(14-13-19-17-31-24-8-4-2-5-21(19)24)25-15-26(34)33(28(25)36)20-11-9-18(16-30)10-12-20/h1-12,17,25,31H,13-15H2. The van der Waals surface area contributed by atoms with Gasteiger partial charge in [-0.15, -0.1) is 0 Å². The van der Waals surface area contributed by atoms with Gasteiger partial charge in [0, 0.05) is 23.6 Å². The van der Waals surface area contributed by atoms with Gasteiger partial charge in [-0.1, -0.05) is 30.3 Å². The summed E-state index contributed by atoms with van der Waals surface area (Å²) in [5, 5.41) is 10.0. The van der Waals surface area contributed by atoms with Crippen LogP contribution in [0, 0.1) is 17.1 Å². The molecule has 1 unspecified atom stereocenters. The Morgan fingerprint density at radius 2 is 1.78 bits per heavy atom. The number of nitriles is 1. The number of carbonyl (C=O) groups excluding carboxylic acids is 3. The molecule has 0 radical (unpaired) electrons. The predicted octanol–water partition coefficient (Wildman–Crippen LogP) is 4.20. The molecular formula is C28H21FN4O3. The maximum Gasteiger partial charge on any atom is 0.257 e. The summed E-state index contributed by atoms with van der Waals surface area (Å²) in [6, 6.07) is 20.3. The van der Waals surface area contributed by atoms with E-state index < -0.39 is 29.6 Å². The van der Waals surface area contributed by atoms with Crippen LogP contribution >= 0.6 is 0 Å². The molecule has 1 aliphatic rings. The molecule has 0 aliphatic carbocycles. The lowest BCUT2D eigenvalue weighted by molar-refractivity contribution is -0.122. The minimum absolute atomic E-state index is 0.111. The van der Waals surface area contributed by atoms with Crippen LogP contribution in [0.25, 0.3) is 10.9 Å². The monoisotopic (exact) mass is 480 g/mol. The lowest BCUT2D eigenvalue weighted by atomic mass is 10.1. The van der Waals surface area contributed by atoms with E-state index in [1.54, 1.807) is 6.07 Å². The summed E-state index contributed by atoms with van der Waals surface area (Å²) in [5.74, 6) is -2.37. The molecule has 1 saturated heterocycles. The lowest BCUT2D eigenvalue weighted by Gasteiger charge is -2.28. The highest BCUT2D eigenvalue weighted by molar-refractivity contribution is 6.23. The van der Waals surface area contributed by atoms with Gasteiger partial charge in [0.25, 0.3) is 11.8 Å². The highest BCUT2D eigenvalue weighted by atomic mass is 19.1.